The SMILES string of the molecule is CCCCCCC1CCC(CCCCCC)P1C. The Labute approximate surface area is 117 Å². The Hall–Kier alpha value is 0.430. The van der Waals surface area contributed by atoms with Crippen LogP contribution in [0.2, 0.25) is 0 Å². The molecule has 0 aromatic heterocycles. The van der Waals surface area contributed by atoms with Crippen molar-refractivity contribution in [1.82, 2.24) is 0 Å². The molecule has 0 N–H and O–H groups in total. The van der Waals surface area contributed by atoms with Crippen LogP contribution in [-0.4, -0.2) is 18.0 Å². The lowest BCUT2D eigenvalue weighted by Crippen LogP contribution is -2.03. The second-order valence-corrected chi connectivity index (χ2v) is 9.04. The van der Waals surface area contributed by atoms with Gasteiger partial charge in [0.15, 0.2) is 0 Å². The zero-order valence-corrected chi connectivity index (χ0v) is 14.0. The Bertz CT molecular complexity index is 170. The van der Waals surface area contributed by atoms with Crippen LogP contribution in [0.4, 0.5) is 0 Å². The molecule has 0 bridgehead atoms. The van der Waals surface area contributed by atoms with Gasteiger partial charge in [-0.15, -0.1) is 7.92 Å². The van der Waals surface area contributed by atoms with Crippen molar-refractivity contribution in [2.45, 2.75) is 102 Å². The van der Waals surface area contributed by atoms with E-state index in [0.29, 0.717) is 7.92 Å². The summed E-state index contributed by atoms with van der Waals surface area (Å²) in [7, 11) is 0.366. The van der Waals surface area contributed by atoms with Crippen molar-refractivity contribution in [3.8, 4) is 0 Å². The largest absolute Gasteiger partial charge is 0.104 e. The average molecular weight is 270 g/mol. The molecule has 1 heteroatoms. The predicted molar refractivity (Wildman–Crippen MR) is 87.2 cm³/mol. The molecule has 18 heavy (non-hydrogen) atoms. The Morgan fingerprint density at radius 2 is 1.17 bits per heavy atom. The molecule has 2 atom stereocenters. The van der Waals surface area contributed by atoms with E-state index < -0.39 is 0 Å². The number of hydrogen-bond donors (Lipinski definition) is 0. The summed E-state index contributed by atoms with van der Waals surface area (Å²) in [5.41, 5.74) is 2.26. The number of hydrogen-bond acceptors (Lipinski definition) is 0. The maximum absolute atomic E-state index is 2.61. The standard InChI is InChI=1S/C17H35P/c1-4-6-8-10-12-16-14-15-17(18(16)3)13-11-9-7-5-2/h16-17H,4-15H2,1-3H3. The van der Waals surface area contributed by atoms with Crippen molar-refractivity contribution in [2.24, 2.45) is 0 Å². The summed E-state index contributed by atoms with van der Waals surface area (Å²) >= 11 is 0. The maximum atomic E-state index is 2.61. The van der Waals surface area contributed by atoms with Crippen LogP contribution in [0.25, 0.3) is 0 Å². The zero-order valence-electron chi connectivity index (χ0n) is 13.1. The van der Waals surface area contributed by atoms with Crippen molar-refractivity contribution >= 4 is 7.92 Å². The van der Waals surface area contributed by atoms with Crippen LogP contribution in [0.3, 0.4) is 0 Å². The summed E-state index contributed by atoms with van der Waals surface area (Å²) in [4.78, 5) is 0. The zero-order chi connectivity index (χ0) is 13.2. The normalized spacial score (nSPS) is 27.8. The molecule has 0 saturated carbocycles. The van der Waals surface area contributed by atoms with Crippen LogP contribution in [0.5, 0.6) is 0 Å². The number of rotatable bonds is 10. The van der Waals surface area contributed by atoms with Crippen molar-refractivity contribution in [3.05, 3.63) is 0 Å². The molecule has 1 heterocycles. The molecule has 1 fully saturated rings. The second-order valence-electron chi connectivity index (χ2n) is 6.25. The third kappa shape index (κ3) is 6.05. The van der Waals surface area contributed by atoms with Gasteiger partial charge in [-0.05, 0) is 43.7 Å². The highest BCUT2D eigenvalue weighted by atomic mass is 31.1. The summed E-state index contributed by atoms with van der Waals surface area (Å²) in [6.45, 7) is 7.24. The first kappa shape index (κ1) is 16.5. The van der Waals surface area contributed by atoms with E-state index in [-0.39, 0.29) is 0 Å². The summed E-state index contributed by atoms with van der Waals surface area (Å²) < 4.78 is 0. The van der Waals surface area contributed by atoms with Gasteiger partial charge in [0.05, 0.1) is 0 Å². The maximum Gasteiger partial charge on any atom is -0.0209 e. The summed E-state index contributed by atoms with van der Waals surface area (Å²) in [5, 5.41) is 0. The third-order valence-corrected chi connectivity index (χ3v) is 8.10. The van der Waals surface area contributed by atoms with E-state index >= 15 is 0 Å². The van der Waals surface area contributed by atoms with Gasteiger partial charge in [-0.2, -0.15) is 0 Å². The Morgan fingerprint density at radius 3 is 1.56 bits per heavy atom. The molecule has 108 valence electrons. The molecular formula is C17H35P. The first-order valence-corrected chi connectivity index (χ1v) is 10.4. The number of unbranched alkanes of at least 4 members (excludes halogenated alkanes) is 6. The van der Waals surface area contributed by atoms with Gasteiger partial charge in [-0.1, -0.05) is 65.2 Å². The van der Waals surface area contributed by atoms with E-state index in [4.69, 9.17) is 0 Å². The summed E-state index contributed by atoms with van der Waals surface area (Å²) in [6.07, 6.45) is 17.9. The van der Waals surface area contributed by atoms with Crippen molar-refractivity contribution in [3.63, 3.8) is 0 Å². The molecule has 0 nitrogen and oxygen atoms in total. The van der Waals surface area contributed by atoms with E-state index in [0.717, 1.165) is 11.3 Å². The quantitative estimate of drug-likeness (QED) is 0.311. The van der Waals surface area contributed by atoms with Crippen LogP contribution >= 0.6 is 7.92 Å². The molecule has 0 amide bonds. The van der Waals surface area contributed by atoms with Gasteiger partial charge in [0.1, 0.15) is 0 Å². The molecule has 0 aromatic rings. The highest BCUT2D eigenvalue weighted by Gasteiger charge is 2.30. The van der Waals surface area contributed by atoms with E-state index in [9.17, 15) is 0 Å². The van der Waals surface area contributed by atoms with Gasteiger partial charge in [-0.3, -0.25) is 0 Å². The van der Waals surface area contributed by atoms with Crippen molar-refractivity contribution in [1.29, 1.82) is 0 Å². The summed E-state index contributed by atoms with van der Waals surface area (Å²) in [6, 6.07) is 0. The van der Waals surface area contributed by atoms with Gasteiger partial charge in [0, 0.05) is 0 Å². The first-order valence-electron chi connectivity index (χ1n) is 8.51. The van der Waals surface area contributed by atoms with Crippen LogP contribution in [0.15, 0.2) is 0 Å². The highest BCUT2D eigenvalue weighted by molar-refractivity contribution is 7.58. The molecule has 0 aliphatic carbocycles. The van der Waals surface area contributed by atoms with Gasteiger partial charge < -0.3 is 0 Å². The molecule has 0 radical (unpaired) electrons. The lowest BCUT2D eigenvalue weighted by Gasteiger charge is -2.21. The van der Waals surface area contributed by atoms with Crippen molar-refractivity contribution < 1.29 is 0 Å². The highest BCUT2D eigenvalue weighted by Crippen LogP contribution is 2.56. The van der Waals surface area contributed by atoms with Crippen LogP contribution in [-0.2, 0) is 0 Å². The molecule has 0 spiro atoms. The molecule has 2 unspecified atom stereocenters. The van der Waals surface area contributed by atoms with Crippen LogP contribution in [0.1, 0.15) is 90.9 Å². The average Bonchev–Trinajstić information content (AvgIpc) is 2.72. The molecule has 1 saturated heterocycles. The van der Waals surface area contributed by atoms with Gasteiger partial charge in [-0.25, -0.2) is 0 Å². The van der Waals surface area contributed by atoms with Gasteiger partial charge in [0.25, 0.3) is 0 Å². The van der Waals surface area contributed by atoms with Crippen LogP contribution in [0, 0.1) is 0 Å². The summed E-state index contributed by atoms with van der Waals surface area (Å²) in [5.74, 6) is 0. The van der Waals surface area contributed by atoms with E-state index in [1.54, 1.807) is 25.7 Å². The minimum Gasteiger partial charge on any atom is -0.104 e. The lowest BCUT2D eigenvalue weighted by atomic mass is 10.0. The fraction of sp³-hybridized carbons (Fsp3) is 1.00. The van der Waals surface area contributed by atoms with Crippen molar-refractivity contribution in [2.75, 3.05) is 6.66 Å². The third-order valence-electron chi connectivity index (χ3n) is 4.77. The molecular weight excluding hydrogens is 235 g/mol. The fourth-order valence-corrected chi connectivity index (χ4v) is 6.29. The minimum absolute atomic E-state index is 0.366. The fourth-order valence-electron chi connectivity index (χ4n) is 3.40. The van der Waals surface area contributed by atoms with E-state index in [1.165, 1.54) is 51.4 Å². The molecule has 1 aliphatic rings. The topological polar surface area (TPSA) is 0 Å². The molecule has 0 aromatic carbocycles. The van der Waals surface area contributed by atoms with Gasteiger partial charge >= 0.3 is 0 Å². The lowest BCUT2D eigenvalue weighted by molar-refractivity contribution is 0.580. The molecule has 1 aliphatic heterocycles. The van der Waals surface area contributed by atoms with Gasteiger partial charge in [0.2, 0.25) is 0 Å². The van der Waals surface area contributed by atoms with E-state index in [2.05, 4.69) is 20.5 Å². The smallest absolute Gasteiger partial charge is 0.0209 e. The Morgan fingerprint density at radius 1 is 0.722 bits per heavy atom. The monoisotopic (exact) mass is 270 g/mol. The Kier molecular flexibility index (Phi) is 9.38. The molecule has 1 rings (SSSR count). The second kappa shape index (κ2) is 10.2. The van der Waals surface area contributed by atoms with E-state index in [1.807, 2.05) is 0 Å². The first-order chi connectivity index (χ1) is 8.79. The predicted octanol–water partition coefficient (Wildman–Crippen LogP) is 6.57. The minimum atomic E-state index is 0.366. The Balaban J connectivity index is 2.10. The van der Waals surface area contributed by atoms with Crippen LogP contribution < -0.4 is 0 Å².